The summed E-state index contributed by atoms with van der Waals surface area (Å²) in [5, 5.41) is 10.3. The Hall–Kier alpha value is -0.0301. The summed E-state index contributed by atoms with van der Waals surface area (Å²) in [6.07, 6.45) is 0.608. The fourth-order valence-electron chi connectivity index (χ4n) is 1.72. The van der Waals surface area contributed by atoms with Crippen LogP contribution in [-0.4, -0.2) is 41.9 Å². The Morgan fingerprint density at radius 3 is 1.89 bits per heavy atom. The molecular weight excluding hydrogens is 242 g/mol. The van der Waals surface area contributed by atoms with Gasteiger partial charge in [-0.2, -0.15) is 0 Å². The normalized spacial score (nSPS) is 25.2. The van der Waals surface area contributed by atoms with Gasteiger partial charge < -0.3 is 19.1 Å². The van der Waals surface area contributed by atoms with E-state index in [1.54, 1.807) is 14.3 Å². The van der Waals surface area contributed by atoms with Crippen LogP contribution in [0.15, 0.2) is 0 Å². The zero-order valence-electron chi connectivity index (χ0n) is 13.5. The fourth-order valence-corrected chi connectivity index (χ4v) is 1.72. The Morgan fingerprint density at radius 1 is 1.11 bits per heavy atom. The van der Waals surface area contributed by atoms with Crippen LogP contribution in [0.25, 0.3) is 0 Å². The maximum Gasteiger partial charge on any atom is 0.439 e. The van der Waals surface area contributed by atoms with Crippen LogP contribution in [0.2, 0.25) is 0 Å². The van der Waals surface area contributed by atoms with E-state index in [1.165, 1.54) is 0 Å². The molecule has 0 amide bonds. The summed E-state index contributed by atoms with van der Waals surface area (Å²) >= 11 is 0. The molecule has 0 aromatic carbocycles. The topological polar surface area (TPSA) is 47.9 Å². The zero-order chi connectivity index (χ0) is 15.1. The predicted octanol–water partition coefficient (Wildman–Crippen LogP) is 2.15. The van der Waals surface area contributed by atoms with Crippen LogP contribution < -0.4 is 0 Å². The highest BCUT2D eigenvalue weighted by Crippen LogP contribution is 2.37. The highest BCUT2D eigenvalue weighted by atomic mass is 16.7. The SMILES string of the molecule is CCC(C)(O)C(C)(C)O[B]B1OC(C)(C)C(C)(C)O1. The predicted molar refractivity (Wildman–Crippen MR) is 77.9 cm³/mol. The first kappa shape index (κ1) is 17.0. The van der Waals surface area contributed by atoms with E-state index in [2.05, 4.69) is 0 Å². The highest BCUT2D eigenvalue weighted by molar-refractivity contribution is 7.03. The Bertz CT molecular complexity index is 311. The van der Waals surface area contributed by atoms with E-state index in [-0.39, 0.29) is 11.2 Å². The average molecular weight is 269 g/mol. The second-order valence-electron chi connectivity index (χ2n) is 7.02. The third-order valence-electron chi connectivity index (χ3n) is 4.73. The van der Waals surface area contributed by atoms with Crippen molar-refractivity contribution in [3.8, 4) is 0 Å². The van der Waals surface area contributed by atoms with E-state index in [1.807, 2.05) is 48.5 Å². The molecule has 1 fully saturated rings. The Balaban J connectivity index is 2.61. The molecule has 0 aromatic heterocycles. The molecule has 1 aliphatic rings. The summed E-state index contributed by atoms with van der Waals surface area (Å²) in [6.45, 7) is 15.4. The van der Waals surface area contributed by atoms with Gasteiger partial charge in [-0.3, -0.25) is 0 Å². The van der Waals surface area contributed by atoms with Gasteiger partial charge in [0.25, 0.3) is 0 Å². The lowest BCUT2D eigenvalue weighted by Gasteiger charge is -2.40. The van der Waals surface area contributed by atoms with Gasteiger partial charge in [0.2, 0.25) is 0 Å². The van der Waals surface area contributed by atoms with Crippen molar-refractivity contribution in [3.63, 3.8) is 0 Å². The van der Waals surface area contributed by atoms with Gasteiger partial charge in [0.15, 0.2) is 0 Å². The van der Waals surface area contributed by atoms with Crippen LogP contribution in [0.4, 0.5) is 0 Å². The van der Waals surface area contributed by atoms with Gasteiger partial charge in [0.1, 0.15) is 0 Å². The molecule has 1 N–H and O–H groups in total. The number of rotatable bonds is 5. The lowest BCUT2D eigenvalue weighted by atomic mass is 9.55. The van der Waals surface area contributed by atoms with Crippen LogP contribution >= 0.6 is 0 Å². The molecule has 4 nitrogen and oxygen atoms in total. The first-order valence-corrected chi connectivity index (χ1v) is 6.94. The molecule has 1 heterocycles. The van der Waals surface area contributed by atoms with Crippen LogP contribution in [0.5, 0.6) is 0 Å². The largest absolute Gasteiger partial charge is 0.439 e. The third kappa shape index (κ3) is 3.35. The Kier molecular flexibility index (Phi) is 4.54. The second-order valence-corrected chi connectivity index (χ2v) is 7.02. The molecule has 0 bridgehead atoms. The average Bonchev–Trinajstić information content (AvgIpc) is 2.45. The third-order valence-corrected chi connectivity index (χ3v) is 4.73. The lowest BCUT2D eigenvalue weighted by Crippen LogP contribution is -2.51. The molecule has 6 heteroatoms. The van der Waals surface area contributed by atoms with E-state index in [0.29, 0.717) is 6.42 Å². The number of hydrogen-bond donors (Lipinski definition) is 1. The van der Waals surface area contributed by atoms with Crippen molar-refractivity contribution >= 4 is 14.4 Å². The van der Waals surface area contributed by atoms with Crippen LogP contribution in [0.3, 0.4) is 0 Å². The molecule has 1 unspecified atom stereocenters. The molecule has 1 rings (SSSR count). The first-order chi connectivity index (χ1) is 8.35. The molecule has 0 aliphatic carbocycles. The van der Waals surface area contributed by atoms with Crippen LogP contribution in [-0.2, 0) is 14.0 Å². The Morgan fingerprint density at radius 2 is 1.53 bits per heavy atom. The molecule has 0 aromatic rings. The van der Waals surface area contributed by atoms with Crippen LogP contribution in [0, 0.1) is 0 Å². The van der Waals surface area contributed by atoms with Crippen molar-refractivity contribution in [2.45, 2.75) is 84.2 Å². The molecule has 1 saturated heterocycles. The molecular formula is C13H27B2O4. The minimum atomic E-state index is -0.910. The summed E-state index contributed by atoms with van der Waals surface area (Å²) in [5.41, 5.74) is -2.37. The van der Waals surface area contributed by atoms with Crippen molar-refractivity contribution in [1.82, 2.24) is 0 Å². The maximum atomic E-state index is 10.3. The minimum absolute atomic E-state index is 0.380. The molecule has 1 atom stereocenters. The zero-order valence-corrected chi connectivity index (χ0v) is 13.5. The van der Waals surface area contributed by atoms with E-state index < -0.39 is 18.2 Å². The molecule has 19 heavy (non-hydrogen) atoms. The van der Waals surface area contributed by atoms with E-state index in [4.69, 9.17) is 14.0 Å². The van der Waals surface area contributed by atoms with Crippen molar-refractivity contribution in [3.05, 3.63) is 0 Å². The molecule has 109 valence electrons. The minimum Gasteiger partial charge on any atom is -0.435 e. The number of aliphatic hydroxyl groups is 1. The summed E-state index contributed by atoms with van der Waals surface area (Å²) in [6, 6.07) is 0. The summed E-state index contributed by atoms with van der Waals surface area (Å²) in [5.74, 6) is 0. The van der Waals surface area contributed by atoms with E-state index >= 15 is 0 Å². The van der Waals surface area contributed by atoms with Crippen molar-refractivity contribution in [2.75, 3.05) is 0 Å². The lowest BCUT2D eigenvalue weighted by molar-refractivity contribution is -0.104. The summed E-state index contributed by atoms with van der Waals surface area (Å²) in [7, 11) is 1.03. The summed E-state index contributed by atoms with van der Waals surface area (Å²) in [4.78, 5) is 0. The van der Waals surface area contributed by atoms with Gasteiger partial charge in [-0.25, -0.2) is 0 Å². The molecule has 1 aliphatic heterocycles. The van der Waals surface area contributed by atoms with Crippen molar-refractivity contribution in [2.24, 2.45) is 0 Å². The number of hydrogen-bond acceptors (Lipinski definition) is 4. The van der Waals surface area contributed by atoms with E-state index in [0.717, 1.165) is 0 Å². The van der Waals surface area contributed by atoms with Gasteiger partial charge in [0.05, 0.1) is 22.4 Å². The molecule has 0 saturated carbocycles. The standard InChI is InChI=1S/C13H27B2O4/c1-9-13(8,16)12(6,7)17-14-15-18-10(2,3)11(4,5)19-15/h16H,9H2,1-8H3. The van der Waals surface area contributed by atoms with Crippen LogP contribution in [0.1, 0.15) is 61.8 Å². The van der Waals surface area contributed by atoms with Crippen molar-refractivity contribution < 1.29 is 19.1 Å². The van der Waals surface area contributed by atoms with Gasteiger partial charge in [-0.1, -0.05) is 6.92 Å². The van der Waals surface area contributed by atoms with Gasteiger partial charge in [-0.15, -0.1) is 0 Å². The van der Waals surface area contributed by atoms with E-state index in [9.17, 15) is 5.11 Å². The maximum absolute atomic E-state index is 10.3. The Labute approximate surface area is 118 Å². The smallest absolute Gasteiger partial charge is 0.435 e. The molecule has 1 radical (unpaired) electrons. The highest BCUT2D eigenvalue weighted by Gasteiger charge is 2.52. The second kappa shape index (κ2) is 5.06. The summed E-state index contributed by atoms with van der Waals surface area (Å²) < 4.78 is 17.4. The van der Waals surface area contributed by atoms with Gasteiger partial charge >= 0.3 is 14.4 Å². The fraction of sp³-hybridized carbons (Fsp3) is 1.00. The quantitative estimate of drug-likeness (QED) is 0.777. The van der Waals surface area contributed by atoms with Gasteiger partial charge in [0, 0.05) is 0 Å². The molecule has 0 spiro atoms. The monoisotopic (exact) mass is 269 g/mol. The van der Waals surface area contributed by atoms with Crippen molar-refractivity contribution in [1.29, 1.82) is 0 Å². The van der Waals surface area contributed by atoms with Gasteiger partial charge in [-0.05, 0) is 54.9 Å². The first-order valence-electron chi connectivity index (χ1n) is 6.94.